The summed E-state index contributed by atoms with van der Waals surface area (Å²) in [6.45, 7) is 1.50. The summed E-state index contributed by atoms with van der Waals surface area (Å²) in [5.74, 6) is -0.609. The van der Waals surface area contributed by atoms with E-state index in [1.807, 2.05) is 0 Å². The van der Waals surface area contributed by atoms with Gasteiger partial charge in [0.25, 0.3) is 0 Å². The van der Waals surface area contributed by atoms with Gasteiger partial charge in [0.2, 0.25) is 7.45 Å². The Kier molecular flexibility index (Phi) is 4.59. The van der Waals surface area contributed by atoms with Crippen molar-refractivity contribution in [2.24, 2.45) is 0 Å². The molecule has 0 aliphatic rings. The molecule has 0 aromatic heterocycles. The van der Waals surface area contributed by atoms with Gasteiger partial charge in [0.15, 0.2) is 9.84 Å². The number of halogens is 2. The van der Waals surface area contributed by atoms with Crippen LogP contribution in [0.15, 0.2) is 24.3 Å². The van der Waals surface area contributed by atoms with E-state index >= 15 is 0 Å². The van der Waals surface area contributed by atoms with Crippen LogP contribution in [0.25, 0.3) is 0 Å². The molecule has 0 unspecified atom stereocenters. The zero-order chi connectivity index (χ0) is 13.3. The van der Waals surface area contributed by atoms with Gasteiger partial charge in [0, 0.05) is 11.3 Å². The number of nitrogen functional groups attached to an aromatic ring is 1. The molecule has 0 radical (unpaired) electrons. The Morgan fingerprint density at radius 1 is 1.41 bits per heavy atom. The molecule has 0 saturated carbocycles. The molecule has 7 heteroatoms. The summed E-state index contributed by atoms with van der Waals surface area (Å²) in [7, 11) is -3.53. The van der Waals surface area contributed by atoms with Gasteiger partial charge in [0.05, 0.1) is 5.75 Å². The van der Waals surface area contributed by atoms with Crippen molar-refractivity contribution < 1.29 is 13.2 Å². The second-order valence-corrected chi connectivity index (χ2v) is 11.3. The number of nitrogens with two attached hydrogens (primary N) is 1. The van der Waals surface area contributed by atoms with Crippen LogP contribution in [0, 0.1) is 0 Å². The number of benzene rings is 1. The van der Waals surface area contributed by atoms with E-state index in [0.29, 0.717) is 11.3 Å². The maximum atomic E-state index is 12.1. The molecule has 0 aliphatic heterocycles. The van der Waals surface area contributed by atoms with Gasteiger partial charge in [-0.3, -0.25) is 4.79 Å². The van der Waals surface area contributed by atoms with Crippen LogP contribution < -0.4 is 5.73 Å². The zero-order valence-corrected chi connectivity index (χ0v) is 13.5. The van der Waals surface area contributed by atoms with Crippen LogP contribution in [0.4, 0.5) is 5.69 Å². The summed E-state index contributed by atoms with van der Waals surface area (Å²) in [6, 6.07) is 6.14. The summed E-state index contributed by atoms with van der Waals surface area (Å²) in [6.07, 6.45) is 0. The minimum atomic E-state index is -3.53. The van der Waals surface area contributed by atoms with Crippen LogP contribution in [0.1, 0.15) is 17.3 Å². The molecule has 0 bridgehead atoms. The molecule has 17 heavy (non-hydrogen) atoms. The maximum Gasteiger partial charge on any atom is 0.239 e. The van der Waals surface area contributed by atoms with Gasteiger partial charge in [-0.15, -0.1) is 0 Å². The lowest BCUT2D eigenvalue weighted by atomic mass is 10.1. The summed E-state index contributed by atoms with van der Waals surface area (Å²) in [5.41, 5.74) is 6.33. The van der Waals surface area contributed by atoms with Crippen molar-refractivity contribution in [2.45, 2.75) is 8.59 Å². The number of carbonyl (C=O) groups is 1. The molecular formula is C10H11BrINO3S. The standard InChI is InChI=1S/C10H11BrINO3S/c1-2-17(15,16)10(11,12)9(14)7-3-5-8(13)6-4-7/h3-6H,2,13H2,1H3/t10-/m1/s1. The van der Waals surface area contributed by atoms with Crippen LogP contribution in [0.2, 0.25) is 0 Å². The number of hydrogen-bond donors (Lipinski definition) is 1. The second-order valence-electron chi connectivity index (χ2n) is 3.37. The van der Waals surface area contributed by atoms with Crippen molar-refractivity contribution in [2.75, 3.05) is 11.5 Å². The van der Waals surface area contributed by atoms with Crippen molar-refractivity contribution in [3.8, 4) is 0 Å². The highest BCUT2D eigenvalue weighted by molar-refractivity contribution is 14.1. The highest BCUT2D eigenvalue weighted by Crippen LogP contribution is 2.37. The van der Waals surface area contributed by atoms with Crippen LogP contribution in [0.5, 0.6) is 0 Å². The number of sulfone groups is 1. The molecule has 2 N–H and O–H groups in total. The Bertz CT molecular complexity index is 525. The SMILES string of the molecule is CCS(=O)(=O)[C@](Br)(I)C(=O)c1ccc(N)cc1. The third-order valence-electron chi connectivity index (χ3n) is 2.21. The van der Waals surface area contributed by atoms with Crippen LogP contribution >= 0.6 is 38.5 Å². The largest absolute Gasteiger partial charge is 0.399 e. The number of anilines is 1. The number of rotatable bonds is 4. The molecule has 0 saturated heterocycles. The normalized spacial score (nSPS) is 15.2. The Morgan fingerprint density at radius 2 is 1.88 bits per heavy atom. The Hall–Kier alpha value is -0.150. The second kappa shape index (κ2) is 5.23. The molecule has 1 atom stereocenters. The van der Waals surface area contributed by atoms with Crippen LogP contribution in [-0.2, 0) is 9.84 Å². The first-order chi connectivity index (χ1) is 7.72. The summed E-state index contributed by atoms with van der Waals surface area (Å²) >= 11 is 4.61. The fourth-order valence-corrected chi connectivity index (χ4v) is 4.05. The van der Waals surface area contributed by atoms with Crippen molar-refractivity contribution in [1.29, 1.82) is 0 Å². The van der Waals surface area contributed by atoms with Gasteiger partial charge >= 0.3 is 0 Å². The highest BCUT2D eigenvalue weighted by Gasteiger charge is 2.45. The maximum absolute atomic E-state index is 12.1. The van der Waals surface area contributed by atoms with Gasteiger partial charge in [-0.05, 0) is 62.8 Å². The average molecular weight is 432 g/mol. The van der Waals surface area contributed by atoms with E-state index in [2.05, 4.69) is 15.9 Å². The van der Waals surface area contributed by atoms with E-state index in [4.69, 9.17) is 5.73 Å². The van der Waals surface area contributed by atoms with Gasteiger partial charge in [0.1, 0.15) is 0 Å². The number of alkyl halides is 2. The molecule has 4 nitrogen and oxygen atoms in total. The monoisotopic (exact) mass is 431 g/mol. The smallest absolute Gasteiger partial charge is 0.239 e. The summed E-state index contributed by atoms with van der Waals surface area (Å²) < 4.78 is 22.0. The number of hydrogen-bond acceptors (Lipinski definition) is 4. The van der Waals surface area contributed by atoms with E-state index < -0.39 is 17.3 Å². The number of carbonyl (C=O) groups excluding carboxylic acids is 1. The number of Topliss-reactive ketones (excluding diaryl/α,β-unsaturated/α-hetero) is 1. The lowest BCUT2D eigenvalue weighted by Crippen LogP contribution is -2.35. The minimum absolute atomic E-state index is 0.109. The molecular weight excluding hydrogens is 421 g/mol. The lowest BCUT2D eigenvalue weighted by molar-refractivity contribution is 0.101. The van der Waals surface area contributed by atoms with E-state index in [9.17, 15) is 13.2 Å². The quantitative estimate of drug-likeness (QED) is 0.343. The fraction of sp³-hybridized carbons (Fsp3) is 0.300. The predicted molar refractivity (Wildman–Crippen MR) is 80.3 cm³/mol. The molecule has 1 rings (SSSR count). The highest BCUT2D eigenvalue weighted by atomic mass is 127. The minimum Gasteiger partial charge on any atom is -0.399 e. The Labute approximate surface area is 122 Å². The molecule has 0 spiro atoms. The van der Waals surface area contributed by atoms with Gasteiger partial charge in [-0.2, -0.15) is 0 Å². The summed E-state index contributed by atoms with van der Waals surface area (Å²) in [5, 5.41) is 0. The first-order valence-electron chi connectivity index (χ1n) is 4.73. The topological polar surface area (TPSA) is 77.2 Å². The molecule has 1 aromatic rings. The lowest BCUT2D eigenvalue weighted by Gasteiger charge is -2.18. The predicted octanol–water partition coefficient (Wildman–Crippen LogP) is 2.37. The third kappa shape index (κ3) is 3.00. The van der Waals surface area contributed by atoms with E-state index in [-0.39, 0.29) is 5.75 Å². The van der Waals surface area contributed by atoms with E-state index in [1.54, 1.807) is 34.7 Å². The molecule has 0 fully saturated rings. The third-order valence-corrected chi connectivity index (χ3v) is 8.28. The van der Waals surface area contributed by atoms with Gasteiger partial charge < -0.3 is 5.73 Å². The first-order valence-corrected chi connectivity index (χ1v) is 8.25. The van der Waals surface area contributed by atoms with Crippen molar-refractivity contribution >= 4 is 59.8 Å². The van der Waals surface area contributed by atoms with Crippen molar-refractivity contribution in [3.63, 3.8) is 0 Å². The van der Waals surface area contributed by atoms with Crippen molar-refractivity contribution in [1.82, 2.24) is 0 Å². The van der Waals surface area contributed by atoms with Crippen LogP contribution in [0.3, 0.4) is 0 Å². The van der Waals surface area contributed by atoms with Gasteiger partial charge in [-0.1, -0.05) is 6.92 Å². The molecule has 0 heterocycles. The zero-order valence-electron chi connectivity index (χ0n) is 8.98. The van der Waals surface area contributed by atoms with Crippen LogP contribution in [-0.4, -0.2) is 21.6 Å². The van der Waals surface area contributed by atoms with Gasteiger partial charge in [-0.25, -0.2) is 8.42 Å². The average Bonchev–Trinajstić information content (AvgIpc) is 2.28. The van der Waals surface area contributed by atoms with E-state index in [0.717, 1.165) is 0 Å². The van der Waals surface area contributed by atoms with Crippen molar-refractivity contribution in [3.05, 3.63) is 29.8 Å². The molecule has 94 valence electrons. The molecule has 0 amide bonds. The first kappa shape index (κ1) is 14.9. The molecule has 1 aromatic carbocycles. The Balaban J connectivity index is 3.18. The van der Waals surface area contributed by atoms with E-state index in [1.165, 1.54) is 19.1 Å². The Morgan fingerprint density at radius 3 is 2.29 bits per heavy atom. The number of ketones is 1. The fourth-order valence-electron chi connectivity index (χ4n) is 1.13. The molecule has 0 aliphatic carbocycles. The summed E-state index contributed by atoms with van der Waals surface area (Å²) in [4.78, 5) is 12.1.